The predicted octanol–water partition coefficient (Wildman–Crippen LogP) is 4.65. The van der Waals surface area contributed by atoms with Gasteiger partial charge in [-0.15, -0.1) is 11.3 Å². The smallest absolute Gasteiger partial charge is 0.263 e. The van der Waals surface area contributed by atoms with E-state index in [1.54, 1.807) is 11.3 Å². The van der Waals surface area contributed by atoms with Gasteiger partial charge in [-0.25, -0.2) is 0 Å². The van der Waals surface area contributed by atoms with Crippen LogP contribution in [-0.4, -0.2) is 28.7 Å². The Balaban J connectivity index is 1.66. The van der Waals surface area contributed by atoms with Crippen molar-refractivity contribution in [1.82, 2.24) is 4.90 Å². The molecule has 0 bridgehead atoms. The van der Waals surface area contributed by atoms with Gasteiger partial charge in [-0.3, -0.25) is 4.79 Å². The number of hydrogen-bond acceptors (Lipinski definition) is 2. The number of thiophene rings is 1. The Bertz CT molecular complexity index is 479. The number of likely N-dealkylation sites (tertiary alicyclic amines) is 1. The van der Waals surface area contributed by atoms with Crippen molar-refractivity contribution in [2.24, 2.45) is 5.92 Å². The van der Waals surface area contributed by atoms with Crippen LogP contribution in [0.2, 0.25) is 0 Å². The van der Waals surface area contributed by atoms with Crippen molar-refractivity contribution < 1.29 is 4.79 Å². The molecule has 1 saturated heterocycles. The predicted molar refractivity (Wildman–Crippen MR) is 92.6 cm³/mol. The number of amides is 1. The highest BCUT2D eigenvalue weighted by Crippen LogP contribution is 2.31. The molecule has 1 aromatic heterocycles. The number of fused-ring (bicyclic) bond motifs is 1. The van der Waals surface area contributed by atoms with E-state index in [2.05, 4.69) is 33.8 Å². The van der Waals surface area contributed by atoms with Crippen LogP contribution in [0.3, 0.4) is 0 Å². The van der Waals surface area contributed by atoms with Gasteiger partial charge in [-0.2, -0.15) is 0 Å². The fraction of sp³-hybridized carbons (Fsp3) is 0.706. The number of aryl methyl sites for hydroxylation is 2. The summed E-state index contributed by atoms with van der Waals surface area (Å²) in [6.45, 7) is 4.06. The lowest BCUT2D eigenvalue weighted by Crippen LogP contribution is -2.39. The van der Waals surface area contributed by atoms with Crippen molar-refractivity contribution in [3.8, 4) is 0 Å². The van der Waals surface area contributed by atoms with Crippen LogP contribution >= 0.6 is 27.3 Å². The lowest BCUT2D eigenvalue weighted by Gasteiger charge is -2.33. The molecular weight excluding hydrogens is 346 g/mol. The van der Waals surface area contributed by atoms with Gasteiger partial charge in [0.25, 0.3) is 5.91 Å². The normalized spacial score (nSPS) is 21.7. The minimum Gasteiger partial charge on any atom is -0.338 e. The number of hydrogen-bond donors (Lipinski definition) is 0. The fourth-order valence-corrected chi connectivity index (χ4v) is 5.24. The third-order valence-electron chi connectivity index (χ3n) is 4.93. The van der Waals surface area contributed by atoms with E-state index >= 15 is 0 Å². The van der Waals surface area contributed by atoms with E-state index in [1.807, 2.05) is 0 Å². The summed E-state index contributed by atoms with van der Waals surface area (Å²) in [5.74, 6) is 0.989. The first-order valence-corrected chi connectivity index (χ1v) is 9.93. The molecule has 0 aromatic carbocycles. The van der Waals surface area contributed by atoms with Crippen molar-refractivity contribution in [2.45, 2.75) is 56.7 Å². The Labute approximate surface area is 140 Å². The van der Waals surface area contributed by atoms with Gasteiger partial charge in [0.2, 0.25) is 0 Å². The quantitative estimate of drug-likeness (QED) is 0.548. The number of halogens is 1. The Morgan fingerprint density at radius 1 is 1.29 bits per heavy atom. The molecule has 116 valence electrons. The van der Waals surface area contributed by atoms with E-state index < -0.39 is 0 Å². The zero-order valence-electron chi connectivity index (χ0n) is 12.7. The van der Waals surface area contributed by atoms with Crippen molar-refractivity contribution in [3.05, 3.63) is 21.4 Å². The molecule has 1 aliphatic carbocycles. The largest absolute Gasteiger partial charge is 0.338 e. The van der Waals surface area contributed by atoms with Crippen LogP contribution in [0.15, 0.2) is 6.07 Å². The first-order chi connectivity index (χ1) is 10.1. The van der Waals surface area contributed by atoms with Crippen LogP contribution in [0.25, 0.3) is 0 Å². The summed E-state index contributed by atoms with van der Waals surface area (Å²) in [7, 11) is 0. The molecule has 2 aliphatic rings. The molecule has 2 heterocycles. The molecule has 1 fully saturated rings. The van der Waals surface area contributed by atoms with Gasteiger partial charge in [-0.05, 0) is 56.1 Å². The number of piperidine rings is 1. The maximum Gasteiger partial charge on any atom is 0.263 e. The molecule has 0 spiro atoms. The SMILES string of the molecule is CC(Br)C1CCN(C(=O)c2cc3c(s2)CCCCC3)CC1. The van der Waals surface area contributed by atoms with Crippen LogP contribution in [0, 0.1) is 5.92 Å². The summed E-state index contributed by atoms with van der Waals surface area (Å²) in [4.78, 5) is 17.8. The van der Waals surface area contributed by atoms with Crippen LogP contribution < -0.4 is 0 Å². The minimum atomic E-state index is 0.272. The third-order valence-corrected chi connectivity index (χ3v) is 6.91. The lowest BCUT2D eigenvalue weighted by molar-refractivity contribution is 0.0696. The average Bonchev–Trinajstić information content (AvgIpc) is 2.77. The molecule has 1 aliphatic heterocycles. The van der Waals surface area contributed by atoms with E-state index in [0.717, 1.165) is 30.8 Å². The summed E-state index contributed by atoms with van der Waals surface area (Å²) < 4.78 is 0. The number of rotatable bonds is 2. The summed E-state index contributed by atoms with van der Waals surface area (Å²) in [5.41, 5.74) is 1.45. The molecular formula is C17H24BrNOS. The third kappa shape index (κ3) is 3.53. The summed E-state index contributed by atoms with van der Waals surface area (Å²) in [6.07, 6.45) is 8.51. The maximum absolute atomic E-state index is 12.7. The van der Waals surface area contributed by atoms with Crippen LogP contribution in [-0.2, 0) is 12.8 Å². The lowest BCUT2D eigenvalue weighted by atomic mass is 9.94. The van der Waals surface area contributed by atoms with Crippen LogP contribution in [0.5, 0.6) is 0 Å². The Morgan fingerprint density at radius 2 is 2.00 bits per heavy atom. The number of carbonyl (C=O) groups excluding carboxylic acids is 1. The maximum atomic E-state index is 12.7. The zero-order valence-corrected chi connectivity index (χ0v) is 15.1. The number of alkyl halides is 1. The van der Waals surface area contributed by atoms with Crippen molar-refractivity contribution >= 4 is 33.2 Å². The Hall–Kier alpha value is -0.350. The highest BCUT2D eigenvalue weighted by molar-refractivity contribution is 9.09. The number of carbonyl (C=O) groups is 1. The van der Waals surface area contributed by atoms with Crippen LogP contribution in [0.4, 0.5) is 0 Å². The van der Waals surface area contributed by atoms with Crippen LogP contribution in [0.1, 0.15) is 59.1 Å². The van der Waals surface area contributed by atoms with Gasteiger partial charge in [0, 0.05) is 22.8 Å². The van der Waals surface area contributed by atoms with Crippen molar-refractivity contribution in [1.29, 1.82) is 0 Å². The Morgan fingerprint density at radius 3 is 2.71 bits per heavy atom. The molecule has 1 amide bonds. The Kier molecular flexibility index (Phi) is 5.05. The standard InChI is InChI=1S/C17H24BrNOS/c1-12(18)13-7-9-19(10-8-13)17(20)16-11-14-5-3-2-4-6-15(14)21-16/h11-13H,2-10H2,1H3. The van der Waals surface area contributed by atoms with Gasteiger partial charge in [0.1, 0.15) is 0 Å². The van der Waals surface area contributed by atoms with E-state index in [1.165, 1.54) is 42.5 Å². The zero-order chi connectivity index (χ0) is 14.8. The summed E-state index contributed by atoms with van der Waals surface area (Å²) >= 11 is 5.44. The molecule has 0 saturated carbocycles. The topological polar surface area (TPSA) is 20.3 Å². The van der Waals surface area contributed by atoms with Gasteiger partial charge >= 0.3 is 0 Å². The number of nitrogens with zero attached hydrogens (tertiary/aromatic N) is 1. The molecule has 21 heavy (non-hydrogen) atoms. The summed E-state index contributed by atoms with van der Waals surface area (Å²) in [6, 6.07) is 2.19. The first kappa shape index (κ1) is 15.5. The van der Waals surface area contributed by atoms with Gasteiger partial charge in [0.05, 0.1) is 4.88 Å². The molecule has 0 N–H and O–H groups in total. The second-order valence-corrected chi connectivity index (χ2v) is 9.01. The van der Waals surface area contributed by atoms with Crippen molar-refractivity contribution in [2.75, 3.05) is 13.1 Å². The van der Waals surface area contributed by atoms with E-state index in [0.29, 0.717) is 10.7 Å². The highest BCUT2D eigenvalue weighted by Gasteiger charge is 2.27. The molecule has 4 heteroatoms. The van der Waals surface area contributed by atoms with E-state index in [4.69, 9.17) is 0 Å². The first-order valence-electron chi connectivity index (χ1n) is 8.20. The highest BCUT2D eigenvalue weighted by atomic mass is 79.9. The van der Waals surface area contributed by atoms with Gasteiger partial charge in [0.15, 0.2) is 0 Å². The monoisotopic (exact) mass is 369 g/mol. The second-order valence-electron chi connectivity index (χ2n) is 6.43. The molecule has 0 radical (unpaired) electrons. The van der Waals surface area contributed by atoms with E-state index in [-0.39, 0.29) is 5.91 Å². The van der Waals surface area contributed by atoms with Crippen molar-refractivity contribution in [3.63, 3.8) is 0 Å². The molecule has 1 unspecified atom stereocenters. The van der Waals surface area contributed by atoms with Gasteiger partial charge < -0.3 is 4.90 Å². The molecule has 1 atom stereocenters. The van der Waals surface area contributed by atoms with E-state index in [9.17, 15) is 4.79 Å². The molecule has 1 aromatic rings. The van der Waals surface area contributed by atoms with Gasteiger partial charge in [-0.1, -0.05) is 29.3 Å². The second kappa shape index (κ2) is 6.82. The molecule has 3 rings (SSSR count). The average molecular weight is 370 g/mol. The fourth-order valence-electron chi connectivity index (χ4n) is 3.49. The summed E-state index contributed by atoms with van der Waals surface area (Å²) in [5, 5.41) is 0. The minimum absolute atomic E-state index is 0.272. The molecule has 2 nitrogen and oxygen atoms in total.